The second-order valence-corrected chi connectivity index (χ2v) is 7.88. The topological polar surface area (TPSA) is 85.9 Å². The summed E-state index contributed by atoms with van der Waals surface area (Å²) < 4.78 is 0.951. The van der Waals surface area contributed by atoms with Crippen molar-refractivity contribution >= 4 is 49.8 Å². The molecule has 1 atom stereocenters. The zero-order valence-corrected chi connectivity index (χ0v) is 16.6. The molecule has 0 radical (unpaired) electrons. The molecule has 0 spiro atoms. The molecule has 5 rings (SSSR count). The molecule has 0 amide bonds. The molecule has 7 heteroatoms. The number of aromatic amines is 2. The Hall–Kier alpha value is -2.93. The van der Waals surface area contributed by atoms with E-state index in [1.165, 1.54) is 0 Å². The third kappa shape index (κ3) is 3.01. The van der Waals surface area contributed by atoms with E-state index in [2.05, 4.69) is 41.2 Å². The Morgan fingerprint density at radius 2 is 2.00 bits per heavy atom. The highest BCUT2D eigenvalue weighted by Gasteiger charge is 2.21. The molecule has 4 aromatic rings. The van der Waals surface area contributed by atoms with Crippen LogP contribution in [0.5, 0.6) is 0 Å². The van der Waals surface area contributed by atoms with Gasteiger partial charge in [0.05, 0.1) is 28.8 Å². The molecule has 140 valence electrons. The van der Waals surface area contributed by atoms with Crippen molar-refractivity contribution in [2.75, 3.05) is 11.9 Å². The van der Waals surface area contributed by atoms with Crippen molar-refractivity contribution in [2.45, 2.75) is 18.9 Å². The van der Waals surface area contributed by atoms with Crippen molar-refractivity contribution in [1.29, 1.82) is 0 Å². The quantitative estimate of drug-likeness (QED) is 0.443. The number of aliphatic imine (C=N–C) groups is 1. The summed E-state index contributed by atoms with van der Waals surface area (Å²) in [5.41, 5.74) is 3.67. The number of anilines is 1. The fourth-order valence-electron chi connectivity index (χ4n) is 3.69. The van der Waals surface area contributed by atoms with Gasteiger partial charge < -0.3 is 15.3 Å². The maximum atomic E-state index is 13.1. The molecule has 1 aliphatic rings. The molecule has 3 heterocycles. The minimum Gasteiger partial charge on any atom is -0.379 e. The van der Waals surface area contributed by atoms with Gasteiger partial charge in [-0.05, 0) is 49.4 Å². The van der Waals surface area contributed by atoms with Crippen molar-refractivity contribution in [2.24, 2.45) is 4.99 Å². The van der Waals surface area contributed by atoms with Crippen LogP contribution >= 0.6 is 15.9 Å². The number of hydrogen-bond acceptors (Lipinski definition) is 4. The average molecular weight is 436 g/mol. The molecule has 2 aromatic heterocycles. The van der Waals surface area contributed by atoms with Crippen LogP contribution < -0.4 is 10.9 Å². The number of para-hydroxylation sites is 2. The van der Waals surface area contributed by atoms with Gasteiger partial charge in [0, 0.05) is 15.9 Å². The van der Waals surface area contributed by atoms with E-state index in [-0.39, 0.29) is 11.6 Å². The van der Waals surface area contributed by atoms with E-state index in [1.54, 1.807) is 0 Å². The molecule has 0 aliphatic carbocycles. The maximum Gasteiger partial charge on any atom is 0.261 e. The first-order valence-electron chi connectivity index (χ1n) is 9.24. The van der Waals surface area contributed by atoms with Crippen molar-refractivity contribution in [3.8, 4) is 11.4 Å². The second kappa shape index (κ2) is 6.91. The van der Waals surface area contributed by atoms with Crippen LogP contribution in [0.2, 0.25) is 0 Å². The second-order valence-electron chi connectivity index (χ2n) is 6.96. The van der Waals surface area contributed by atoms with Crippen LogP contribution in [0.4, 0.5) is 5.69 Å². The average Bonchev–Trinajstić information content (AvgIpc) is 3.13. The first kappa shape index (κ1) is 17.2. The van der Waals surface area contributed by atoms with Gasteiger partial charge in [-0.1, -0.05) is 28.1 Å². The first-order valence-corrected chi connectivity index (χ1v) is 10.0. The Bertz CT molecular complexity index is 1240. The van der Waals surface area contributed by atoms with E-state index >= 15 is 0 Å². The standard InChI is InChI=1S/C21H18BrN5O/c22-12-7-8-15-14(10-12)19(24-13-4-3-9-23-11-13)18(21(28)27-15)20-25-16-5-1-2-6-17(16)26-20/h1-2,5-10,13H,3-4,11H2,(H,25,26)(H2,24,27,28)/t13-/m0/s1. The number of aromatic nitrogens is 3. The molecule has 2 aromatic carbocycles. The van der Waals surface area contributed by atoms with E-state index in [9.17, 15) is 4.79 Å². The van der Waals surface area contributed by atoms with Gasteiger partial charge in [-0.3, -0.25) is 9.79 Å². The lowest BCUT2D eigenvalue weighted by molar-refractivity contribution is 0.662. The van der Waals surface area contributed by atoms with Gasteiger partial charge in [-0.2, -0.15) is 0 Å². The van der Waals surface area contributed by atoms with Crippen LogP contribution in [0.3, 0.4) is 0 Å². The zero-order valence-electron chi connectivity index (χ0n) is 15.0. The lowest BCUT2D eigenvalue weighted by atomic mass is 10.0. The van der Waals surface area contributed by atoms with Crippen LogP contribution in [0, 0.1) is 0 Å². The molecule has 1 aliphatic heterocycles. The molecule has 6 nitrogen and oxygen atoms in total. The molecule has 0 saturated carbocycles. The van der Waals surface area contributed by atoms with Gasteiger partial charge in [0.25, 0.3) is 5.56 Å². The first-order chi connectivity index (χ1) is 13.7. The molecule has 0 fully saturated rings. The van der Waals surface area contributed by atoms with Crippen LogP contribution in [-0.4, -0.2) is 33.8 Å². The lowest BCUT2D eigenvalue weighted by Crippen LogP contribution is -2.27. The van der Waals surface area contributed by atoms with E-state index in [0.29, 0.717) is 17.9 Å². The maximum absolute atomic E-state index is 13.1. The number of pyridine rings is 1. The highest BCUT2D eigenvalue weighted by atomic mass is 79.9. The van der Waals surface area contributed by atoms with Crippen LogP contribution in [-0.2, 0) is 0 Å². The van der Waals surface area contributed by atoms with E-state index in [1.807, 2.05) is 48.7 Å². The predicted molar refractivity (Wildman–Crippen MR) is 117 cm³/mol. The number of nitrogens with one attached hydrogen (secondary N) is 3. The number of nitrogens with zero attached hydrogens (tertiary/aromatic N) is 2. The Kier molecular flexibility index (Phi) is 4.24. The fourth-order valence-corrected chi connectivity index (χ4v) is 4.06. The summed E-state index contributed by atoms with van der Waals surface area (Å²) in [5, 5.41) is 4.53. The molecule has 28 heavy (non-hydrogen) atoms. The van der Waals surface area contributed by atoms with Crippen LogP contribution in [0.15, 0.2) is 56.7 Å². The number of hydrogen-bond donors (Lipinski definition) is 3. The van der Waals surface area contributed by atoms with Crippen molar-refractivity contribution in [3.63, 3.8) is 0 Å². The summed E-state index contributed by atoms with van der Waals surface area (Å²) in [6, 6.07) is 13.8. The Balaban J connectivity index is 1.76. The summed E-state index contributed by atoms with van der Waals surface area (Å²) in [4.78, 5) is 28.4. The lowest BCUT2D eigenvalue weighted by Gasteiger charge is -2.22. The summed E-state index contributed by atoms with van der Waals surface area (Å²) in [6.45, 7) is 0.696. The molecule has 0 saturated heterocycles. The molecular formula is C21H18BrN5O. The van der Waals surface area contributed by atoms with Gasteiger partial charge in [0.15, 0.2) is 0 Å². The van der Waals surface area contributed by atoms with Crippen LogP contribution in [0.25, 0.3) is 33.3 Å². The third-order valence-corrected chi connectivity index (χ3v) is 5.54. The highest BCUT2D eigenvalue weighted by Crippen LogP contribution is 2.33. The SMILES string of the molecule is O=c1[nH]c2ccc(Br)cc2c(N[C@H]2CCC=NC2)c1-c1nc2ccccc2[nH]1. The van der Waals surface area contributed by atoms with Gasteiger partial charge in [0.2, 0.25) is 0 Å². The molecule has 0 bridgehead atoms. The van der Waals surface area contributed by atoms with Gasteiger partial charge in [-0.15, -0.1) is 0 Å². The Morgan fingerprint density at radius 1 is 1.11 bits per heavy atom. The number of fused-ring (bicyclic) bond motifs is 2. The van der Waals surface area contributed by atoms with E-state index < -0.39 is 0 Å². The van der Waals surface area contributed by atoms with Crippen molar-refractivity contribution in [1.82, 2.24) is 15.0 Å². The highest BCUT2D eigenvalue weighted by molar-refractivity contribution is 9.10. The summed E-state index contributed by atoms with van der Waals surface area (Å²) in [7, 11) is 0. The summed E-state index contributed by atoms with van der Waals surface area (Å²) in [6.07, 6.45) is 3.87. The smallest absolute Gasteiger partial charge is 0.261 e. The van der Waals surface area contributed by atoms with Gasteiger partial charge >= 0.3 is 0 Å². The number of imidazole rings is 1. The minimum absolute atomic E-state index is 0.171. The van der Waals surface area contributed by atoms with Crippen LogP contribution in [0.1, 0.15) is 12.8 Å². The van der Waals surface area contributed by atoms with Gasteiger partial charge in [-0.25, -0.2) is 4.98 Å². The monoisotopic (exact) mass is 435 g/mol. The fraction of sp³-hybridized carbons (Fsp3) is 0.190. The molecule has 3 N–H and O–H groups in total. The number of H-pyrrole nitrogens is 2. The van der Waals surface area contributed by atoms with E-state index in [4.69, 9.17) is 0 Å². The molecule has 0 unspecified atom stereocenters. The normalized spacial score (nSPS) is 16.7. The number of benzene rings is 2. The summed E-state index contributed by atoms with van der Waals surface area (Å²) >= 11 is 3.55. The largest absolute Gasteiger partial charge is 0.379 e. The zero-order chi connectivity index (χ0) is 19.1. The van der Waals surface area contributed by atoms with Gasteiger partial charge in [0.1, 0.15) is 11.4 Å². The van der Waals surface area contributed by atoms with Crippen molar-refractivity contribution < 1.29 is 0 Å². The Labute approximate surface area is 169 Å². The Morgan fingerprint density at radius 3 is 2.82 bits per heavy atom. The van der Waals surface area contributed by atoms with E-state index in [0.717, 1.165) is 44.9 Å². The third-order valence-electron chi connectivity index (χ3n) is 5.05. The number of halogens is 1. The molecular weight excluding hydrogens is 418 g/mol. The summed E-state index contributed by atoms with van der Waals surface area (Å²) in [5.74, 6) is 0.561. The minimum atomic E-state index is -0.171. The number of rotatable bonds is 3. The van der Waals surface area contributed by atoms with Crippen molar-refractivity contribution in [3.05, 3.63) is 57.3 Å². The predicted octanol–water partition coefficient (Wildman–Crippen LogP) is 4.48.